The van der Waals surface area contributed by atoms with E-state index in [9.17, 15) is 14.4 Å². The van der Waals surface area contributed by atoms with Crippen LogP contribution in [0.25, 0.3) is 11.1 Å². The summed E-state index contributed by atoms with van der Waals surface area (Å²) in [6.45, 7) is -0.0804. The van der Waals surface area contributed by atoms with Crippen molar-refractivity contribution in [3.8, 4) is 11.1 Å². The lowest BCUT2D eigenvalue weighted by atomic mass is 9.98. The van der Waals surface area contributed by atoms with Gasteiger partial charge in [-0.15, -0.1) is 0 Å². The van der Waals surface area contributed by atoms with Crippen molar-refractivity contribution >= 4 is 23.7 Å². The van der Waals surface area contributed by atoms with Gasteiger partial charge in [0.1, 0.15) is 6.61 Å². The molecule has 1 aliphatic carbocycles. The normalized spacial score (nSPS) is 12.8. The Balaban J connectivity index is 1.36. The molecule has 0 radical (unpaired) electrons. The maximum Gasteiger partial charge on any atom is 0.411 e. The van der Waals surface area contributed by atoms with Crippen molar-refractivity contribution in [1.82, 2.24) is 5.48 Å². The van der Waals surface area contributed by atoms with Crippen LogP contribution in [0.3, 0.4) is 0 Å². The fourth-order valence-corrected chi connectivity index (χ4v) is 3.98. The molecule has 3 aromatic carbocycles. The lowest BCUT2D eigenvalue weighted by Gasteiger charge is -2.15. The number of ether oxygens (including phenoxy) is 2. The zero-order chi connectivity index (χ0) is 24.8. The number of hydrogen-bond donors (Lipinski definition) is 3. The third-order valence-corrected chi connectivity index (χ3v) is 5.60. The van der Waals surface area contributed by atoms with E-state index in [2.05, 4.69) is 22.9 Å². The zero-order valence-electron chi connectivity index (χ0n) is 18.9. The lowest BCUT2D eigenvalue weighted by molar-refractivity contribution is -0.158. The van der Waals surface area contributed by atoms with Gasteiger partial charge in [-0.2, -0.15) is 0 Å². The highest BCUT2D eigenvalue weighted by atomic mass is 16.7. The Morgan fingerprint density at radius 1 is 0.943 bits per heavy atom. The van der Waals surface area contributed by atoms with Crippen molar-refractivity contribution in [3.63, 3.8) is 0 Å². The fourth-order valence-electron chi connectivity index (χ4n) is 3.98. The van der Waals surface area contributed by atoms with Crippen molar-refractivity contribution in [2.45, 2.75) is 12.0 Å². The van der Waals surface area contributed by atoms with E-state index in [1.54, 1.807) is 12.1 Å². The predicted octanol–water partition coefficient (Wildman–Crippen LogP) is 3.81. The van der Waals surface area contributed by atoms with Crippen molar-refractivity contribution < 1.29 is 33.8 Å². The van der Waals surface area contributed by atoms with Gasteiger partial charge in [0.15, 0.2) is 0 Å². The Hall–Kier alpha value is -4.21. The number of hydrogen-bond acceptors (Lipinski definition) is 6. The predicted molar refractivity (Wildman–Crippen MR) is 127 cm³/mol. The average molecular weight is 476 g/mol. The lowest BCUT2D eigenvalue weighted by Crippen LogP contribution is -2.37. The molecular formula is C26H24N2O7. The number of fused-ring (bicyclic) bond motifs is 3. The Morgan fingerprint density at radius 3 is 2.23 bits per heavy atom. The van der Waals surface area contributed by atoms with Crippen LogP contribution in [0.15, 0.2) is 72.8 Å². The van der Waals surface area contributed by atoms with Crippen LogP contribution in [-0.2, 0) is 19.1 Å². The Morgan fingerprint density at radius 2 is 1.60 bits per heavy atom. The minimum atomic E-state index is -1.36. The molecule has 9 heteroatoms. The molecule has 0 spiro atoms. The summed E-state index contributed by atoms with van der Waals surface area (Å²) in [6, 6.07) is 22.2. The summed E-state index contributed by atoms with van der Waals surface area (Å²) in [7, 11) is 1.32. The molecule has 0 saturated heterocycles. The molecule has 3 aromatic rings. The van der Waals surface area contributed by atoms with Crippen LogP contribution in [0.2, 0.25) is 0 Å². The number of rotatable bonds is 9. The number of nitrogens with one attached hydrogen (secondary N) is 2. The van der Waals surface area contributed by atoms with E-state index in [0.717, 1.165) is 22.3 Å². The summed E-state index contributed by atoms with van der Waals surface area (Å²) in [6.07, 6.45) is -2.02. The fraction of sp³-hybridized carbons (Fsp3) is 0.192. The Labute approximate surface area is 201 Å². The molecule has 4 rings (SSSR count). The molecule has 9 nitrogen and oxygen atoms in total. The average Bonchev–Trinajstić information content (AvgIpc) is 3.19. The molecule has 1 atom stereocenters. The number of carbonyl (C=O) groups is 3. The van der Waals surface area contributed by atoms with Gasteiger partial charge in [-0.05, 0) is 40.5 Å². The number of carbonyl (C=O) groups excluding carboxylic acids is 2. The van der Waals surface area contributed by atoms with Gasteiger partial charge in [0, 0.05) is 24.3 Å². The van der Waals surface area contributed by atoms with Gasteiger partial charge in [-0.25, -0.2) is 15.1 Å². The van der Waals surface area contributed by atoms with Gasteiger partial charge in [0.05, 0.1) is 6.61 Å². The third-order valence-electron chi connectivity index (χ3n) is 5.60. The molecule has 1 unspecified atom stereocenters. The van der Waals surface area contributed by atoms with Gasteiger partial charge in [0.2, 0.25) is 6.10 Å². The van der Waals surface area contributed by atoms with Crippen LogP contribution in [0, 0.1) is 0 Å². The first-order chi connectivity index (χ1) is 17.0. The topological polar surface area (TPSA) is 123 Å². The second-order valence-corrected chi connectivity index (χ2v) is 7.86. The largest absolute Gasteiger partial charge is 0.479 e. The number of methoxy groups -OCH3 is 1. The quantitative estimate of drug-likeness (QED) is 0.401. The minimum absolute atomic E-state index is 0.0725. The first-order valence-corrected chi connectivity index (χ1v) is 10.9. The molecule has 0 aromatic heterocycles. The number of carboxylic acid groups (broad SMARTS) is 1. The maximum atomic E-state index is 12.5. The van der Waals surface area contributed by atoms with Crippen molar-refractivity contribution in [1.29, 1.82) is 0 Å². The van der Waals surface area contributed by atoms with Gasteiger partial charge < -0.3 is 14.6 Å². The highest BCUT2D eigenvalue weighted by molar-refractivity contribution is 5.95. The third kappa shape index (κ3) is 5.48. The Kier molecular flexibility index (Phi) is 7.39. The summed E-state index contributed by atoms with van der Waals surface area (Å²) in [5.41, 5.74) is 7.05. The second-order valence-electron chi connectivity index (χ2n) is 7.86. The smallest absolute Gasteiger partial charge is 0.411 e. The van der Waals surface area contributed by atoms with Crippen LogP contribution >= 0.6 is 0 Å². The number of anilines is 1. The van der Waals surface area contributed by atoms with E-state index >= 15 is 0 Å². The molecule has 0 saturated carbocycles. The SMILES string of the molecule is COCC(ONC(=O)c1cccc(NC(=O)OCC2c3ccccc3-c3ccccc32)c1)C(=O)O. The first kappa shape index (κ1) is 23.9. The molecular weight excluding hydrogens is 452 g/mol. The molecule has 0 heterocycles. The van der Waals surface area contributed by atoms with Gasteiger partial charge in [-0.1, -0.05) is 54.6 Å². The monoisotopic (exact) mass is 476 g/mol. The summed E-state index contributed by atoms with van der Waals surface area (Å²) < 4.78 is 10.3. The van der Waals surface area contributed by atoms with E-state index in [1.807, 2.05) is 36.4 Å². The number of benzene rings is 3. The van der Waals surface area contributed by atoms with Gasteiger partial charge in [0.25, 0.3) is 5.91 Å². The van der Waals surface area contributed by atoms with E-state index in [4.69, 9.17) is 19.4 Å². The highest BCUT2D eigenvalue weighted by Gasteiger charge is 2.29. The second kappa shape index (κ2) is 10.8. The summed E-state index contributed by atoms with van der Waals surface area (Å²) >= 11 is 0. The molecule has 180 valence electrons. The van der Waals surface area contributed by atoms with Crippen LogP contribution in [0.1, 0.15) is 27.4 Å². The molecule has 3 N–H and O–H groups in total. The minimum Gasteiger partial charge on any atom is -0.479 e. The van der Waals surface area contributed by atoms with Crippen molar-refractivity contribution in [2.75, 3.05) is 25.6 Å². The van der Waals surface area contributed by atoms with E-state index in [1.165, 1.54) is 19.2 Å². The molecule has 0 fully saturated rings. The zero-order valence-corrected chi connectivity index (χ0v) is 18.9. The van der Waals surface area contributed by atoms with Crippen LogP contribution < -0.4 is 10.8 Å². The van der Waals surface area contributed by atoms with Crippen molar-refractivity contribution in [2.24, 2.45) is 0 Å². The highest BCUT2D eigenvalue weighted by Crippen LogP contribution is 2.44. The van der Waals surface area contributed by atoms with E-state index in [0.29, 0.717) is 5.69 Å². The van der Waals surface area contributed by atoms with E-state index in [-0.39, 0.29) is 24.7 Å². The van der Waals surface area contributed by atoms with Crippen LogP contribution in [0.4, 0.5) is 10.5 Å². The number of aliphatic carboxylic acids is 1. The molecule has 0 bridgehead atoms. The molecule has 35 heavy (non-hydrogen) atoms. The van der Waals surface area contributed by atoms with Crippen LogP contribution in [-0.4, -0.2) is 49.5 Å². The summed E-state index contributed by atoms with van der Waals surface area (Å²) in [5, 5.41) is 11.7. The number of hydroxylamine groups is 1. The maximum absolute atomic E-state index is 12.5. The number of carboxylic acids is 1. The van der Waals surface area contributed by atoms with E-state index < -0.39 is 24.1 Å². The van der Waals surface area contributed by atoms with Gasteiger partial charge in [-0.3, -0.25) is 14.9 Å². The Bertz CT molecular complexity index is 1200. The summed E-state index contributed by atoms with van der Waals surface area (Å²) in [4.78, 5) is 40.8. The number of amides is 2. The van der Waals surface area contributed by atoms with Crippen LogP contribution in [0.5, 0.6) is 0 Å². The standard InChI is InChI=1S/C26H24N2O7/c1-33-15-23(25(30)31)35-28-24(29)16-7-6-8-17(13-16)27-26(32)34-14-22-20-11-4-2-9-18(20)19-10-3-5-12-21(19)22/h2-13,22-23H,14-15H2,1H3,(H,27,32)(H,28,29)(H,30,31). The van der Waals surface area contributed by atoms with Crippen molar-refractivity contribution in [3.05, 3.63) is 89.5 Å². The first-order valence-electron chi connectivity index (χ1n) is 10.9. The molecule has 0 aliphatic heterocycles. The summed E-state index contributed by atoms with van der Waals surface area (Å²) in [5.74, 6) is -2.03. The van der Waals surface area contributed by atoms with Gasteiger partial charge >= 0.3 is 12.1 Å². The molecule has 1 aliphatic rings. The molecule has 2 amide bonds.